The van der Waals surface area contributed by atoms with Crippen LogP contribution in [0.5, 0.6) is 0 Å². The van der Waals surface area contributed by atoms with Crippen LogP contribution in [0, 0.1) is 11.6 Å². The minimum atomic E-state index is -4.56. The molecule has 1 rings (SSSR count). The van der Waals surface area contributed by atoms with Gasteiger partial charge in [0.15, 0.2) is 11.6 Å². The zero-order valence-electron chi connectivity index (χ0n) is 6.63. The van der Waals surface area contributed by atoms with Crippen LogP contribution >= 0.6 is 43.6 Å². The number of hydrogen-bond donors (Lipinski definition) is 0. The van der Waals surface area contributed by atoms with E-state index in [1.54, 1.807) is 0 Å². The average Bonchev–Trinajstić information content (AvgIpc) is 2.07. The van der Waals surface area contributed by atoms with Crippen LogP contribution in [0.2, 0.25) is 0 Å². The van der Waals surface area contributed by atoms with E-state index in [1.807, 2.05) is 0 Å². The van der Waals surface area contributed by atoms with Gasteiger partial charge in [0, 0.05) is 9.37 Å². The van der Waals surface area contributed by atoms with Crippen LogP contribution in [-0.4, -0.2) is 5.51 Å². The van der Waals surface area contributed by atoms with Gasteiger partial charge in [-0.1, -0.05) is 0 Å². The van der Waals surface area contributed by atoms with Crippen LogP contribution in [0.1, 0.15) is 0 Å². The smallest absolute Gasteiger partial charge is 0.204 e. The maximum atomic E-state index is 12.9. The van der Waals surface area contributed by atoms with E-state index >= 15 is 0 Å². The molecular formula is C7HBr2F5S. The molecule has 0 amide bonds. The molecule has 0 spiro atoms. The standard InChI is InChI=1S/C7HBr2F5S/c8-2-1-3(10)5(11)4(9)6(2)15-7(12,13)14/h1H. The summed E-state index contributed by atoms with van der Waals surface area (Å²) >= 11 is 4.77. The van der Waals surface area contributed by atoms with Crippen molar-refractivity contribution in [3.05, 3.63) is 26.6 Å². The van der Waals surface area contributed by atoms with Gasteiger partial charge in [-0.05, 0) is 49.7 Å². The first-order chi connectivity index (χ1) is 6.72. The van der Waals surface area contributed by atoms with Crippen molar-refractivity contribution in [1.29, 1.82) is 0 Å². The molecule has 0 fully saturated rings. The van der Waals surface area contributed by atoms with Gasteiger partial charge in [0.2, 0.25) is 0 Å². The molecule has 0 saturated heterocycles. The molecule has 0 saturated carbocycles. The summed E-state index contributed by atoms with van der Waals surface area (Å²) in [5, 5.41) is 0. The fourth-order valence-electron chi connectivity index (χ4n) is 0.759. The lowest BCUT2D eigenvalue weighted by atomic mass is 10.3. The van der Waals surface area contributed by atoms with Crippen molar-refractivity contribution in [2.24, 2.45) is 0 Å². The van der Waals surface area contributed by atoms with Gasteiger partial charge < -0.3 is 0 Å². The summed E-state index contributed by atoms with van der Waals surface area (Å²) in [7, 11) is 0. The van der Waals surface area contributed by atoms with E-state index in [9.17, 15) is 22.0 Å². The maximum Gasteiger partial charge on any atom is 0.446 e. The highest BCUT2D eigenvalue weighted by atomic mass is 79.9. The van der Waals surface area contributed by atoms with Crippen LogP contribution in [0.3, 0.4) is 0 Å². The number of halogens is 7. The van der Waals surface area contributed by atoms with Crippen molar-refractivity contribution < 1.29 is 22.0 Å². The lowest BCUT2D eigenvalue weighted by Gasteiger charge is -2.10. The Morgan fingerprint density at radius 2 is 1.67 bits per heavy atom. The van der Waals surface area contributed by atoms with Crippen LogP contribution < -0.4 is 0 Å². The van der Waals surface area contributed by atoms with E-state index in [2.05, 4.69) is 31.9 Å². The van der Waals surface area contributed by atoms with Crippen molar-refractivity contribution >= 4 is 43.6 Å². The number of benzene rings is 1. The molecule has 84 valence electrons. The number of rotatable bonds is 1. The summed E-state index contributed by atoms with van der Waals surface area (Å²) in [6.45, 7) is 0. The molecule has 0 unspecified atom stereocenters. The van der Waals surface area contributed by atoms with Gasteiger partial charge in [0.25, 0.3) is 0 Å². The summed E-state index contributed by atoms with van der Waals surface area (Å²) in [4.78, 5) is -0.443. The maximum absolute atomic E-state index is 12.9. The van der Waals surface area contributed by atoms with Crippen LogP contribution in [0.15, 0.2) is 19.9 Å². The molecule has 0 aliphatic carbocycles. The number of alkyl halides is 3. The average molecular weight is 372 g/mol. The topological polar surface area (TPSA) is 0 Å². The fourth-order valence-corrected chi connectivity index (χ4v) is 2.88. The summed E-state index contributed by atoms with van der Waals surface area (Å²) in [5.41, 5.74) is -4.56. The second-order valence-corrected chi connectivity index (χ2v) is 5.07. The van der Waals surface area contributed by atoms with E-state index in [0.29, 0.717) is 6.07 Å². The quantitative estimate of drug-likeness (QED) is 0.286. The Hall–Kier alpha value is 0.180. The molecule has 0 aromatic heterocycles. The first-order valence-corrected chi connectivity index (χ1v) is 5.71. The van der Waals surface area contributed by atoms with Gasteiger partial charge in [-0.25, -0.2) is 8.78 Å². The van der Waals surface area contributed by atoms with E-state index in [1.165, 1.54) is 0 Å². The minimum absolute atomic E-state index is 0.157. The molecule has 1 aromatic rings. The zero-order chi connectivity index (χ0) is 11.8. The fraction of sp³-hybridized carbons (Fsp3) is 0.143. The first-order valence-electron chi connectivity index (χ1n) is 3.31. The third kappa shape index (κ3) is 3.32. The van der Waals surface area contributed by atoms with Crippen molar-refractivity contribution in [2.45, 2.75) is 10.4 Å². The molecule has 1 aromatic carbocycles. The van der Waals surface area contributed by atoms with E-state index in [-0.39, 0.29) is 4.47 Å². The Morgan fingerprint density at radius 1 is 1.13 bits per heavy atom. The molecule has 0 nitrogen and oxygen atoms in total. The molecule has 0 atom stereocenters. The molecular weight excluding hydrogens is 371 g/mol. The first kappa shape index (κ1) is 13.2. The Morgan fingerprint density at radius 3 is 2.13 bits per heavy atom. The Balaban J connectivity index is 3.24. The second kappa shape index (κ2) is 4.58. The van der Waals surface area contributed by atoms with Crippen molar-refractivity contribution in [3.63, 3.8) is 0 Å². The molecule has 0 radical (unpaired) electrons. The van der Waals surface area contributed by atoms with Crippen LogP contribution in [0.25, 0.3) is 0 Å². The highest BCUT2D eigenvalue weighted by Crippen LogP contribution is 2.45. The predicted molar refractivity (Wildman–Crippen MR) is 53.7 cm³/mol. The molecule has 0 aliphatic heterocycles. The summed E-state index contributed by atoms with van der Waals surface area (Å²) in [6, 6.07) is 0.647. The van der Waals surface area contributed by atoms with Gasteiger partial charge in [0.05, 0.1) is 4.47 Å². The van der Waals surface area contributed by atoms with Crippen LogP contribution in [-0.2, 0) is 0 Å². The Kier molecular flexibility index (Phi) is 4.05. The van der Waals surface area contributed by atoms with Gasteiger partial charge in [-0.3, -0.25) is 0 Å². The molecule has 0 heterocycles. The predicted octanol–water partition coefficient (Wildman–Crippen LogP) is 5.10. The largest absolute Gasteiger partial charge is 0.446 e. The van der Waals surface area contributed by atoms with Gasteiger partial charge >= 0.3 is 5.51 Å². The van der Waals surface area contributed by atoms with Crippen molar-refractivity contribution in [3.8, 4) is 0 Å². The normalized spacial score (nSPS) is 11.9. The number of thioether (sulfide) groups is 1. The Labute approximate surface area is 102 Å². The van der Waals surface area contributed by atoms with Gasteiger partial charge in [-0.15, -0.1) is 0 Å². The van der Waals surface area contributed by atoms with E-state index in [0.717, 1.165) is 0 Å². The van der Waals surface area contributed by atoms with Crippen LogP contribution in [0.4, 0.5) is 22.0 Å². The van der Waals surface area contributed by atoms with Crippen molar-refractivity contribution in [1.82, 2.24) is 0 Å². The summed E-state index contributed by atoms with van der Waals surface area (Å²) in [6.07, 6.45) is 0. The third-order valence-corrected chi connectivity index (χ3v) is 4.04. The molecule has 8 heteroatoms. The minimum Gasteiger partial charge on any atom is -0.204 e. The highest BCUT2D eigenvalue weighted by molar-refractivity contribution is 9.11. The summed E-state index contributed by atoms with van der Waals surface area (Å²) in [5.74, 6) is -2.56. The molecule has 15 heavy (non-hydrogen) atoms. The third-order valence-electron chi connectivity index (χ3n) is 1.29. The SMILES string of the molecule is Fc1cc(Br)c(SC(F)(F)F)c(Br)c1F. The monoisotopic (exact) mass is 370 g/mol. The zero-order valence-corrected chi connectivity index (χ0v) is 10.6. The number of hydrogen-bond acceptors (Lipinski definition) is 1. The summed E-state index contributed by atoms with van der Waals surface area (Å²) < 4.78 is 61.1. The van der Waals surface area contributed by atoms with E-state index < -0.39 is 38.3 Å². The van der Waals surface area contributed by atoms with Gasteiger partial charge in [-0.2, -0.15) is 13.2 Å². The lowest BCUT2D eigenvalue weighted by Crippen LogP contribution is -2.01. The van der Waals surface area contributed by atoms with Gasteiger partial charge in [0.1, 0.15) is 0 Å². The van der Waals surface area contributed by atoms with Crippen molar-refractivity contribution in [2.75, 3.05) is 0 Å². The molecule has 0 bridgehead atoms. The highest BCUT2D eigenvalue weighted by Gasteiger charge is 2.32. The Bertz CT molecular complexity index is 390. The lowest BCUT2D eigenvalue weighted by molar-refractivity contribution is -0.0328. The molecule has 0 N–H and O–H groups in total. The van der Waals surface area contributed by atoms with E-state index in [4.69, 9.17) is 0 Å². The molecule has 0 aliphatic rings. The second-order valence-electron chi connectivity index (χ2n) is 2.35.